The van der Waals surface area contributed by atoms with Crippen LogP contribution in [-0.4, -0.2) is 20.5 Å². The average Bonchev–Trinajstić information content (AvgIpc) is 3.15. The molecule has 1 aromatic carbocycles. The summed E-state index contributed by atoms with van der Waals surface area (Å²) in [6.45, 7) is 0.138. The molecule has 0 atom stereocenters. The maximum absolute atomic E-state index is 12.4. The Hall–Kier alpha value is -2.64. The van der Waals surface area contributed by atoms with Gasteiger partial charge in [0, 0.05) is 18.3 Å². The van der Waals surface area contributed by atoms with Crippen LogP contribution in [0.15, 0.2) is 70.5 Å². The standard InChI is InChI=1S/C17H16N2O4S/c1-22-16-4-2-3-5-17(16)24(20,21)19-11-13-6-7-15(18-10-13)14-8-9-23-12-14/h2-10,12,19H,11H2,1H3. The molecule has 24 heavy (non-hydrogen) atoms. The van der Waals surface area contributed by atoms with Gasteiger partial charge in [-0.2, -0.15) is 0 Å². The van der Waals surface area contributed by atoms with E-state index in [1.54, 1.807) is 36.9 Å². The second-order valence-corrected chi connectivity index (χ2v) is 6.77. The summed E-state index contributed by atoms with van der Waals surface area (Å²) in [6, 6.07) is 11.9. The van der Waals surface area contributed by atoms with Crippen LogP contribution < -0.4 is 9.46 Å². The van der Waals surface area contributed by atoms with E-state index in [1.165, 1.54) is 13.2 Å². The number of furan rings is 1. The number of nitrogens with zero attached hydrogens (tertiary/aromatic N) is 1. The number of sulfonamides is 1. The zero-order valence-corrected chi connectivity index (χ0v) is 13.8. The van der Waals surface area contributed by atoms with E-state index in [0.717, 1.165) is 16.8 Å². The normalized spacial score (nSPS) is 11.4. The SMILES string of the molecule is COc1ccccc1S(=O)(=O)NCc1ccc(-c2ccoc2)nc1. The number of aromatic nitrogens is 1. The van der Waals surface area contributed by atoms with Crippen LogP contribution in [0.5, 0.6) is 5.75 Å². The molecule has 3 rings (SSSR count). The zero-order valence-electron chi connectivity index (χ0n) is 13.0. The molecule has 0 saturated carbocycles. The van der Waals surface area contributed by atoms with Crippen molar-refractivity contribution in [2.75, 3.05) is 7.11 Å². The molecule has 0 aliphatic heterocycles. The van der Waals surface area contributed by atoms with Gasteiger partial charge in [0.1, 0.15) is 10.6 Å². The highest BCUT2D eigenvalue weighted by Gasteiger charge is 2.18. The van der Waals surface area contributed by atoms with Crippen molar-refractivity contribution >= 4 is 10.0 Å². The highest BCUT2D eigenvalue weighted by atomic mass is 32.2. The van der Waals surface area contributed by atoms with Crippen LogP contribution in [0.2, 0.25) is 0 Å². The minimum Gasteiger partial charge on any atom is -0.495 e. The van der Waals surface area contributed by atoms with Crippen molar-refractivity contribution < 1.29 is 17.6 Å². The third kappa shape index (κ3) is 3.47. The first-order valence-corrected chi connectivity index (χ1v) is 8.68. The molecule has 3 aromatic rings. The minimum absolute atomic E-state index is 0.107. The third-order valence-electron chi connectivity index (χ3n) is 3.47. The molecule has 124 valence electrons. The minimum atomic E-state index is -3.67. The van der Waals surface area contributed by atoms with Crippen LogP contribution in [0.25, 0.3) is 11.3 Å². The van der Waals surface area contributed by atoms with E-state index in [9.17, 15) is 8.42 Å². The van der Waals surface area contributed by atoms with E-state index < -0.39 is 10.0 Å². The molecule has 0 unspecified atom stereocenters. The molecule has 1 N–H and O–H groups in total. The smallest absolute Gasteiger partial charge is 0.244 e. The molecule has 0 radical (unpaired) electrons. The third-order valence-corrected chi connectivity index (χ3v) is 4.91. The van der Waals surface area contributed by atoms with Crippen LogP contribution >= 0.6 is 0 Å². The summed E-state index contributed by atoms with van der Waals surface area (Å²) in [5, 5.41) is 0. The van der Waals surface area contributed by atoms with Gasteiger partial charge in [0.25, 0.3) is 0 Å². The van der Waals surface area contributed by atoms with Crippen LogP contribution in [0.1, 0.15) is 5.56 Å². The maximum Gasteiger partial charge on any atom is 0.244 e. The lowest BCUT2D eigenvalue weighted by Gasteiger charge is -2.10. The second-order valence-electron chi connectivity index (χ2n) is 5.04. The van der Waals surface area contributed by atoms with Crippen LogP contribution in [0.3, 0.4) is 0 Å². The fourth-order valence-electron chi connectivity index (χ4n) is 2.21. The van der Waals surface area contributed by atoms with Crippen molar-refractivity contribution in [1.82, 2.24) is 9.71 Å². The summed E-state index contributed by atoms with van der Waals surface area (Å²) in [5.41, 5.74) is 2.39. The van der Waals surface area contributed by atoms with Crippen molar-refractivity contribution in [3.63, 3.8) is 0 Å². The Morgan fingerprint density at radius 2 is 2.00 bits per heavy atom. The summed E-state index contributed by atoms with van der Waals surface area (Å²) in [6.07, 6.45) is 4.81. The number of nitrogens with one attached hydrogen (secondary N) is 1. The molecule has 2 heterocycles. The number of hydrogen-bond donors (Lipinski definition) is 1. The van der Waals surface area contributed by atoms with Gasteiger partial charge in [0.05, 0.1) is 25.3 Å². The highest BCUT2D eigenvalue weighted by Crippen LogP contribution is 2.23. The lowest BCUT2D eigenvalue weighted by Crippen LogP contribution is -2.23. The summed E-state index contributed by atoms with van der Waals surface area (Å²) < 4.78 is 37.5. The Morgan fingerprint density at radius 3 is 2.67 bits per heavy atom. The Balaban J connectivity index is 1.73. The molecule has 0 fully saturated rings. The first kappa shape index (κ1) is 16.2. The van der Waals surface area contributed by atoms with Gasteiger partial charge in [-0.25, -0.2) is 13.1 Å². The number of benzene rings is 1. The molecule has 0 aliphatic rings. The molecule has 2 aromatic heterocycles. The first-order valence-electron chi connectivity index (χ1n) is 7.20. The number of para-hydroxylation sites is 1. The first-order chi connectivity index (χ1) is 11.6. The summed E-state index contributed by atoms with van der Waals surface area (Å²) in [4.78, 5) is 4.42. The van der Waals surface area contributed by atoms with Crippen molar-refractivity contribution in [2.24, 2.45) is 0 Å². The molecule has 7 heteroatoms. The number of rotatable bonds is 6. The number of hydrogen-bond acceptors (Lipinski definition) is 5. The van der Waals surface area contributed by atoms with Gasteiger partial charge in [0.15, 0.2) is 0 Å². The lowest BCUT2D eigenvalue weighted by molar-refractivity contribution is 0.402. The van der Waals surface area contributed by atoms with Gasteiger partial charge in [0.2, 0.25) is 10.0 Å². The van der Waals surface area contributed by atoms with Crippen molar-refractivity contribution in [3.8, 4) is 17.0 Å². The molecule has 0 spiro atoms. The lowest BCUT2D eigenvalue weighted by atomic mass is 10.2. The van der Waals surface area contributed by atoms with Gasteiger partial charge >= 0.3 is 0 Å². The quantitative estimate of drug-likeness (QED) is 0.743. The molecular formula is C17H16N2O4S. The summed E-state index contributed by atoms with van der Waals surface area (Å²) >= 11 is 0. The molecule has 0 amide bonds. The number of pyridine rings is 1. The topological polar surface area (TPSA) is 81.4 Å². The Bertz CT molecular complexity index is 904. The fourth-order valence-corrected chi connectivity index (χ4v) is 3.39. The van der Waals surface area contributed by atoms with E-state index in [2.05, 4.69) is 9.71 Å². The Kier molecular flexibility index (Phi) is 4.64. The van der Waals surface area contributed by atoms with Crippen LogP contribution in [0, 0.1) is 0 Å². The van der Waals surface area contributed by atoms with Crippen LogP contribution in [0.4, 0.5) is 0 Å². The van der Waals surface area contributed by atoms with E-state index in [4.69, 9.17) is 9.15 Å². The van der Waals surface area contributed by atoms with Crippen LogP contribution in [-0.2, 0) is 16.6 Å². The predicted octanol–water partition coefficient (Wildman–Crippen LogP) is 2.83. The van der Waals surface area contributed by atoms with E-state index in [0.29, 0.717) is 5.75 Å². The summed E-state index contributed by atoms with van der Waals surface area (Å²) in [5.74, 6) is 0.304. The number of ether oxygens (including phenoxy) is 1. The highest BCUT2D eigenvalue weighted by molar-refractivity contribution is 7.89. The van der Waals surface area contributed by atoms with Gasteiger partial charge in [-0.05, 0) is 29.8 Å². The average molecular weight is 344 g/mol. The van der Waals surface area contributed by atoms with Gasteiger partial charge in [-0.1, -0.05) is 18.2 Å². The molecule has 0 bridgehead atoms. The largest absolute Gasteiger partial charge is 0.495 e. The maximum atomic E-state index is 12.4. The van der Waals surface area contributed by atoms with E-state index in [-0.39, 0.29) is 11.4 Å². The van der Waals surface area contributed by atoms with Crippen molar-refractivity contribution in [1.29, 1.82) is 0 Å². The Morgan fingerprint density at radius 1 is 1.17 bits per heavy atom. The Labute approximate surface area is 140 Å². The predicted molar refractivity (Wildman–Crippen MR) is 89.0 cm³/mol. The van der Waals surface area contributed by atoms with Gasteiger partial charge < -0.3 is 9.15 Å². The van der Waals surface area contributed by atoms with Gasteiger partial charge in [-0.3, -0.25) is 4.98 Å². The monoisotopic (exact) mass is 344 g/mol. The number of methoxy groups -OCH3 is 1. The zero-order chi connectivity index (χ0) is 17.0. The second kappa shape index (κ2) is 6.86. The summed E-state index contributed by atoms with van der Waals surface area (Å²) in [7, 11) is -2.23. The van der Waals surface area contributed by atoms with Crippen molar-refractivity contribution in [2.45, 2.75) is 11.4 Å². The van der Waals surface area contributed by atoms with E-state index in [1.807, 2.05) is 18.2 Å². The molecule has 0 saturated heterocycles. The molecule has 6 nitrogen and oxygen atoms in total. The fraction of sp³-hybridized carbons (Fsp3) is 0.118. The van der Waals surface area contributed by atoms with Crippen molar-refractivity contribution in [3.05, 3.63) is 66.8 Å². The molecule has 0 aliphatic carbocycles. The van der Waals surface area contributed by atoms with Gasteiger partial charge in [-0.15, -0.1) is 0 Å². The molecular weight excluding hydrogens is 328 g/mol. The van der Waals surface area contributed by atoms with E-state index >= 15 is 0 Å².